The van der Waals surface area contributed by atoms with Crippen molar-refractivity contribution in [3.05, 3.63) is 16.6 Å². The van der Waals surface area contributed by atoms with E-state index in [0.29, 0.717) is 12.5 Å². The van der Waals surface area contributed by atoms with Crippen LogP contribution in [0, 0.1) is 0 Å². The molecule has 5 heteroatoms. The largest absolute Gasteiger partial charge is 0.329 e. The minimum absolute atomic E-state index is 0.0139. The molecule has 1 aliphatic carbocycles. The Morgan fingerprint density at radius 3 is 2.88 bits per heavy atom. The van der Waals surface area contributed by atoms with Crippen LogP contribution >= 0.6 is 11.3 Å². The molecule has 2 aliphatic rings. The van der Waals surface area contributed by atoms with E-state index >= 15 is 0 Å². The molecular weight excluding hydrogens is 222 g/mol. The molecule has 0 aromatic carbocycles. The number of carbonyl (C=O) groups excluding carboxylic acids is 1. The molecule has 2 unspecified atom stereocenters. The molecule has 1 aromatic heterocycles. The first-order valence-electron chi connectivity index (χ1n) is 5.72. The lowest BCUT2D eigenvalue weighted by molar-refractivity contribution is -0.138. The third-order valence-electron chi connectivity index (χ3n) is 3.38. The zero-order chi connectivity index (χ0) is 11.1. The van der Waals surface area contributed by atoms with Crippen LogP contribution in [0.15, 0.2) is 10.9 Å². The second-order valence-electron chi connectivity index (χ2n) is 4.59. The molecule has 16 heavy (non-hydrogen) atoms. The summed E-state index contributed by atoms with van der Waals surface area (Å²) in [5, 5.41) is 2.01. The third kappa shape index (κ3) is 1.64. The van der Waals surface area contributed by atoms with Crippen molar-refractivity contribution in [2.45, 2.75) is 43.8 Å². The maximum Gasteiger partial charge on any atom is 0.223 e. The molecule has 1 aliphatic heterocycles. The van der Waals surface area contributed by atoms with Crippen molar-refractivity contribution in [1.29, 1.82) is 0 Å². The first-order valence-corrected chi connectivity index (χ1v) is 6.66. The van der Waals surface area contributed by atoms with Gasteiger partial charge in [0.1, 0.15) is 0 Å². The van der Waals surface area contributed by atoms with Gasteiger partial charge in [0, 0.05) is 23.9 Å². The number of rotatable bonds is 2. The summed E-state index contributed by atoms with van der Waals surface area (Å²) < 4.78 is 0. The van der Waals surface area contributed by atoms with Crippen LogP contribution in [0.5, 0.6) is 0 Å². The van der Waals surface area contributed by atoms with Gasteiger partial charge in [0.05, 0.1) is 17.2 Å². The number of piperidine rings is 1. The standard InChI is InChI=1S/C11H15N3OS/c12-8-3-4-10(15)14(7-1-2-7)11(8)9-5-16-6-13-9/h5-8,11H,1-4,12H2. The Bertz CT molecular complexity index is 388. The molecule has 2 atom stereocenters. The molecule has 4 nitrogen and oxygen atoms in total. The fourth-order valence-corrected chi connectivity index (χ4v) is 3.03. The van der Waals surface area contributed by atoms with Gasteiger partial charge < -0.3 is 10.6 Å². The minimum Gasteiger partial charge on any atom is -0.329 e. The number of hydrogen-bond donors (Lipinski definition) is 1. The van der Waals surface area contributed by atoms with E-state index < -0.39 is 0 Å². The third-order valence-corrected chi connectivity index (χ3v) is 3.98. The van der Waals surface area contributed by atoms with Crippen LogP contribution in [-0.4, -0.2) is 27.9 Å². The first kappa shape index (κ1) is 10.2. The summed E-state index contributed by atoms with van der Waals surface area (Å²) in [6.45, 7) is 0. The van der Waals surface area contributed by atoms with Gasteiger partial charge in [-0.2, -0.15) is 0 Å². The van der Waals surface area contributed by atoms with Gasteiger partial charge in [-0.25, -0.2) is 4.98 Å². The fraction of sp³-hybridized carbons (Fsp3) is 0.636. The highest BCUT2D eigenvalue weighted by atomic mass is 32.1. The predicted octanol–water partition coefficient (Wildman–Crippen LogP) is 1.30. The lowest BCUT2D eigenvalue weighted by Gasteiger charge is -2.39. The highest BCUT2D eigenvalue weighted by Gasteiger charge is 2.43. The zero-order valence-electron chi connectivity index (χ0n) is 9.00. The highest BCUT2D eigenvalue weighted by Crippen LogP contribution is 2.39. The van der Waals surface area contributed by atoms with Gasteiger partial charge in [0.15, 0.2) is 0 Å². The fourth-order valence-electron chi connectivity index (χ4n) is 2.45. The van der Waals surface area contributed by atoms with Crippen molar-refractivity contribution in [1.82, 2.24) is 9.88 Å². The van der Waals surface area contributed by atoms with E-state index in [0.717, 1.165) is 25.0 Å². The summed E-state index contributed by atoms with van der Waals surface area (Å²) in [4.78, 5) is 18.3. The molecule has 1 amide bonds. The maximum absolute atomic E-state index is 12.0. The van der Waals surface area contributed by atoms with Gasteiger partial charge in [-0.1, -0.05) is 0 Å². The van der Waals surface area contributed by atoms with E-state index in [9.17, 15) is 4.79 Å². The number of carbonyl (C=O) groups is 1. The lowest BCUT2D eigenvalue weighted by atomic mass is 9.94. The molecule has 3 rings (SSSR count). The van der Waals surface area contributed by atoms with Gasteiger partial charge in [-0.15, -0.1) is 11.3 Å². The Labute approximate surface area is 98.5 Å². The van der Waals surface area contributed by atoms with Crippen LogP contribution in [0.3, 0.4) is 0 Å². The van der Waals surface area contributed by atoms with Crippen molar-refractivity contribution in [2.24, 2.45) is 5.73 Å². The SMILES string of the molecule is NC1CCC(=O)N(C2CC2)C1c1cscn1. The molecule has 2 heterocycles. The first-order chi connectivity index (χ1) is 7.77. The molecule has 0 spiro atoms. The number of thiazole rings is 1. The molecule has 1 saturated carbocycles. The Morgan fingerprint density at radius 1 is 1.44 bits per heavy atom. The number of nitrogens with two attached hydrogens (primary N) is 1. The second-order valence-corrected chi connectivity index (χ2v) is 5.31. The highest BCUT2D eigenvalue weighted by molar-refractivity contribution is 7.07. The van der Waals surface area contributed by atoms with Gasteiger partial charge in [-0.3, -0.25) is 4.79 Å². The quantitative estimate of drug-likeness (QED) is 0.843. The van der Waals surface area contributed by atoms with Crippen LogP contribution in [0.1, 0.15) is 37.4 Å². The van der Waals surface area contributed by atoms with Gasteiger partial charge >= 0.3 is 0 Å². The number of aromatic nitrogens is 1. The van der Waals surface area contributed by atoms with E-state index in [2.05, 4.69) is 4.98 Å². The Kier molecular flexibility index (Phi) is 2.44. The Balaban J connectivity index is 1.93. The molecule has 1 aromatic rings. The van der Waals surface area contributed by atoms with Crippen molar-refractivity contribution in [2.75, 3.05) is 0 Å². The molecule has 86 valence electrons. The molecule has 0 bridgehead atoms. The molecular formula is C11H15N3OS. The summed E-state index contributed by atoms with van der Waals surface area (Å²) in [6.07, 6.45) is 3.63. The van der Waals surface area contributed by atoms with Gasteiger partial charge in [0.2, 0.25) is 5.91 Å². The molecule has 0 radical (unpaired) electrons. The molecule has 2 fully saturated rings. The van der Waals surface area contributed by atoms with E-state index in [1.165, 1.54) is 0 Å². The van der Waals surface area contributed by atoms with Crippen molar-refractivity contribution < 1.29 is 4.79 Å². The van der Waals surface area contributed by atoms with E-state index in [1.54, 1.807) is 11.3 Å². The van der Waals surface area contributed by atoms with Crippen LogP contribution in [-0.2, 0) is 4.79 Å². The van der Waals surface area contributed by atoms with Crippen molar-refractivity contribution >= 4 is 17.2 Å². The van der Waals surface area contributed by atoms with E-state index in [4.69, 9.17) is 5.73 Å². The average Bonchev–Trinajstić information content (AvgIpc) is 2.97. The van der Waals surface area contributed by atoms with Gasteiger partial charge in [-0.05, 0) is 19.3 Å². The second kappa shape index (κ2) is 3.82. The molecule has 2 N–H and O–H groups in total. The van der Waals surface area contributed by atoms with Crippen LogP contribution < -0.4 is 5.73 Å². The number of amides is 1. The van der Waals surface area contributed by atoms with Crippen molar-refractivity contribution in [3.63, 3.8) is 0 Å². The normalized spacial score (nSPS) is 30.8. The van der Waals surface area contributed by atoms with Crippen LogP contribution in [0.4, 0.5) is 0 Å². The van der Waals surface area contributed by atoms with Crippen LogP contribution in [0.25, 0.3) is 0 Å². The van der Waals surface area contributed by atoms with E-state index in [-0.39, 0.29) is 18.0 Å². The zero-order valence-corrected chi connectivity index (χ0v) is 9.82. The Hall–Kier alpha value is -0.940. The number of nitrogens with zero attached hydrogens (tertiary/aromatic N) is 2. The van der Waals surface area contributed by atoms with Crippen molar-refractivity contribution in [3.8, 4) is 0 Å². The minimum atomic E-state index is 0.0139. The number of likely N-dealkylation sites (tertiary alicyclic amines) is 1. The monoisotopic (exact) mass is 237 g/mol. The topological polar surface area (TPSA) is 59.2 Å². The predicted molar refractivity (Wildman–Crippen MR) is 61.9 cm³/mol. The van der Waals surface area contributed by atoms with Crippen LogP contribution in [0.2, 0.25) is 0 Å². The summed E-state index contributed by atoms with van der Waals surface area (Å²) in [7, 11) is 0. The number of hydrogen-bond acceptors (Lipinski definition) is 4. The summed E-state index contributed by atoms with van der Waals surface area (Å²) >= 11 is 1.57. The average molecular weight is 237 g/mol. The maximum atomic E-state index is 12.0. The summed E-state index contributed by atoms with van der Waals surface area (Å²) in [5.74, 6) is 0.252. The van der Waals surface area contributed by atoms with E-state index in [1.807, 2.05) is 15.8 Å². The lowest BCUT2D eigenvalue weighted by Crippen LogP contribution is -2.49. The van der Waals surface area contributed by atoms with Gasteiger partial charge in [0.25, 0.3) is 0 Å². The summed E-state index contributed by atoms with van der Waals surface area (Å²) in [6, 6.07) is 0.478. The molecule has 1 saturated heterocycles. The summed E-state index contributed by atoms with van der Waals surface area (Å²) in [5.41, 5.74) is 8.94. The smallest absolute Gasteiger partial charge is 0.223 e. The Morgan fingerprint density at radius 2 is 2.25 bits per heavy atom.